The number of carbonyl (C=O) groups is 1. The number of aryl methyl sites for hydroxylation is 1. The first-order valence-electron chi connectivity index (χ1n) is 19.9. The smallest absolute Gasteiger partial charge is 0.206 e. The van der Waals surface area contributed by atoms with Crippen molar-refractivity contribution < 1.29 is 9.90 Å². The fraction of sp³-hybridized carbons (Fsp3) is 0.643. The predicted molar refractivity (Wildman–Crippen MR) is 222 cm³/mol. The van der Waals surface area contributed by atoms with Crippen LogP contribution in [0.25, 0.3) is 5.70 Å². The molecule has 0 spiro atoms. The van der Waals surface area contributed by atoms with Gasteiger partial charge in [-0.25, -0.2) is 9.97 Å². The van der Waals surface area contributed by atoms with Crippen molar-refractivity contribution in [1.82, 2.24) is 40.2 Å². The summed E-state index contributed by atoms with van der Waals surface area (Å²) >= 11 is 0. The molecule has 4 fully saturated rings. The lowest BCUT2D eigenvalue weighted by Gasteiger charge is -2.41. The quantitative estimate of drug-likeness (QED) is 0.189. The van der Waals surface area contributed by atoms with Crippen LogP contribution < -0.4 is 22.1 Å². The zero-order valence-electron chi connectivity index (χ0n) is 34.8. The van der Waals surface area contributed by atoms with E-state index in [9.17, 15) is 5.11 Å². The van der Waals surface area contributed by atoms with E-state index in [1.165, 1.54) is 76.8 Å². The number of aromatic nitrogens is 2. The standard InChI is InChI=1S/C18H27N5O.C17H28N4.C5H12.C2H5NO/c1-21-15(14-5-3-4-6-17(14)24)9-16(18(19)20)23-10-12-7-8-13(11-23)22(12)2;1-3-20-8-10-21(11-9-20)17-6-4-15(5-7-17)16-12-18-14(2)19-13-16;1-5(2,3)4;1-3-2-4/h3-6,9,12-13,21,24H,7-8,10-11,19-20H2,1-2H3;12-13,15,17H,3-11H2,1-2H3;1-4H3;2H,1H3,(H,3,4)/b15-9-;;;. The number of rotatable bonds is 8. The molecule has 7 N–H and O–H groups in total. The molecular weight excluding hydrogens is 677 g/mol. The summed E-state index contributed by atoms with van der Waals surface area (Å²) in [5.74, 6) is 2.09. The highest BCUT2D eigenvalue weighted by atomic mass is 16.3. The van der Waals surface area contributed by atoms with Crippen LogP contribution in [-0.2, 0) is 4.79 Å². The molecule has 4 heterocycles. The topological polar surface area (TPSA) is 152 Å². The highest BCUT2D eigenvalue weighted by molar-refractivity contribution is 5.70. The number of likely N-dealkylation sites (N-methyl/N-ethyl adjacent to an activating group) is 2. The number of hydrogen-bond acceptors (Lipinski definition) is 11. The number of likely N-dealkylation sites (tertiary alicyclic amines) is 1. The van der Waals surface area contributed by atoms with Crippen LogP contribution in [0.15, 0.2) is 54.3 Å². The molecule has 54 heavy (non-hydrogen) atoms. The molecule has 3 aliphatic heterocycles. The third-order valence-corrected chi connectivity index (χ3v) is 10.7. The highest BCUT2D eigenvalue weighted by Crippen LogP contribution is 2.35. The summed E-state index contributed by atoms with van der Waals surface area (Å²) in [5.41, 5.74) is 16.2. The van der Waals surface area contributed by atoms with Crippen molar-refractivity contribution >= 4 is 12.1 Å². The van der Waals surface area contributed by atoms with Crippen LogP contribution in [0.1, 0.15) is 96.0 Å². The van der Waals surface area contributed by atoms with E-state index < -0.39 is 0 Å². The summed E-state index contributed by atoms with van der Waals surface area (Å²) in [4.78, 5) is 27.8. The lowest BCUT2D eigenvalue weighted by atomic mass is 9.82. The zero-order valence-corrected chi connectivity index (χ0v) is 34.8. The molecule has 2 bridgehead atoms. The first-order valence-corrected chi connectivity index (χ1v) is 19.9. The molecule has 6 rings (SSSR count). The number of para-hydroxylation sites is 1. The minimum Gasteiger partial charge on any atom is -0.507 e. The molecule has 1 saturated carbocycles. The number of hydrogen-bond donors (Lipinski definition) is 5. The molecule has 2 aromatic rings. The molecule has 12 heteroatoms. The second kappa shape index (κ2) is 21.9. The number of fused-ring (bicyclic) bond motifs is 2. The van der Waals surface area contributed by atoms with Crippen LogP contribution in [-0.4, -0.2) is 126 Å². The van der Waals surface area contributed by atoms with Gasteiger partial charge in [-0.3, -0.25) is 14.6 Å². The summed E-state index contributed by atoms with van der Waals surface area (Å²) in [6.45, 7) is 21.1. The minimum absolute atomic E-state index is 0.228. The van der Waals surface area contributed by atoms with Crippen molar-refractivity contribution in [3.63, 3.8) is 0 Å². The summed E-state index contributed by atoms with van der Waals surface area (Å²) in [6, 6.07) is 9.15. The second-order valence-corrected chi connectivity index (χ2v) is 16.6. The summed E-state index contributed by atoms with van der Waals surface area (Å²) in [7, 11) is 5.59. The Hall–Kier alpha value is -3.87. The fourth-order valence-electron chi connectivity index (χ4n) is 7.62. The Bertz CT molecular complexity index is 1430. The third kappa shape index (κ3) is 14.1. The van der Waals surface area contributed by atoms with Gasteiger partial charge in [-0.1, -0.05) is 46.8 Å². The predicted octanol–water partition coefficient (Wildman–Crippen LogP) is 4.68. The van der Waals surface area contributed by atoms with Crippen molar-refractivity contribution in [3.8, 4) is 5.75 Å². The molecule has 1 amide bonds. The van der Waals surface area contributed by atoms with Gasteiger partial charge in [0.25, 0.3) is 0 Å². The van der Waals surface area contributed by atoms with E-state index in [2.05, 4.69) is 81.9 Å². The van der Waals surface area contributed by atoms with Gasteiger partial charge in [-0.15, -0.1) is 0 Å². The summed E-state index contributed by atoms with van der Waals surface area (Å²) in [6.07, 6.45) is 14.3. The van der Waals surface area contributed by atoms with Gasteiger partial charge in [0.2, 0.25) is 6.41 Å². The van der Waals surface area contributed by atoms with E-state index in [1.807, 2.05) is 44.6 Å². The van der Waals surface area contributed by atoms with Gasteiger partial charge in [-0.05, 0) is 94.1 Å². The van der Waals surface area contributed by atoms with Crippen molar-refractivity contribution in [2.75, 3.05) is 67.0 Å². The number of benzene rings is 1. The molecule has 1 aliphatic carbocycles. The molecule has 302 valence electrons. The number of piperazine rings is 2. The highest BCUT2D eigenvalue weighted by Gasteiger charge is 2.38. The van der Waals surface area contributed by atoms with Crippen LogP contribution in [0, 0.1) is 12.3 Å². The van der Waals surface area contributed by atoms with Crippen molar-refractivity contribution in [1.29, 1.82) is 0 Å². The minimum atomic E-state index is 0.228. The van der Waals surface area contributed by atoms with Crippen molar-refractivity contribution in [3.05, 3.63) is 71.2 Å². The number of nitrogens with one attached hydrogen (secondary N) is 2. The number of aromatic hydroxyl groups is 1. The lowest BCUT2D eigenvalue weighted by molar-refractivity contribution is -0.109. The number of amides is 1. The van der Waals surface area contributed by atoms with Crippen LogP contribution in [0.3, 0.4) is 0 Å². The number of allylic oxidation sites excluding steroid dienone is 1. The largest absolute Gasteiger partial charge is 0.507 e. The molecule has 1 aromatic heterocycles. The van der Waals surface area contributed by atoms with Gasteiger partial charge >= 0.3 is 0 Å². The van der Waals surface area contributed by atoms with E-state index in [1.54, 1.807) is 19.2 Å². The fourth-order valence-corrected chi connectivity index (χ4v) is 7.62. The van der Waals surface area contributed by atoms with Gasteiger partial charge in [0.1, 0.15) is 17.4 Å². The Morgan fingerprint density at radius 2 is 1.43 bits per heavy atom. The number of nitrogens with zero attached hydrogens (tertiary/aromatic N) is 6. The van der Waals surface area contributed by atoms with Crippen LogP contribution >= 0.6 is 0 Å². The van der Waals surface area contributed by atoms with Crippen molar-refractivity contribution in [2.24, 2.45) is 16.9 Å². The SMILES string of the molecule is CC(C)(C)C.CCN1CCN(C2CCC(c3cnc(C)nc3)CC2)CC1.CN/C(=C\C(=C(N)N)N1CC2CCC(C1)N2C)c1ccccc1O.CNC=O. The first kappa shape index (κ1) is 44.5. The van der Waals surface area contributed by atoms with Gasteiger partial charge in [0.05, 0.1) is 5.70 Å². The molecule has 2 unspecified atom stereocenters. The number of carbonyl (C=O) groups excluding carboxylic acids is 1. The summed E-state index contributed by atoms with van der Waals surface area (Å²) < 4.78 is 0. The van der Waals surface area contributed by atoms with E-state index in [0.717, 1.165) is 41.9 Å². The Labute approximate surface area is 326 Å². The Kier molecular flexibility index (Phi) is 18.0. The maximum absolute atomic E-state index is 10.1. The van der Waals surface area contributed by atoms with Crippen LogP contribution in [0.4, 0.5) is 0 Å². The Balaban J connectivity index is 0.000000239. The maximum Gasteiger partial charge on any atom is 0.206 e. The average Bonchev–Trinajstić information content (AvgIpc) is 3.34. The Morgan fingerprint density at radius 3 is 1.89 bits per heavy atom. The Morgan fingerprint density at radius 1 is 0.907 bits per heavy atom. The maximum atomic E-state index is 10.1. The summed E-state index contributed by atoms with van der Waals surface area (Å²) in [5, 5.41) is 15.5. The number of nitrogens with two attached hydrogens (primary N) is 2. The average molecular weight is 749 g/mol. The second-order valence-electron chi connectivity index (χ2n) is 16.6. The third-order valence-electron chi connectivity index (χ3n) is 10.7. The number of phenols is 1. The molecule has 2 atom stereocenters. The van der Waals surface area contributed by atoms with Crippen molar-refractivity contribution in [2.45, 2.75) is 104 Å². The van der Waals surface area contributed by atoms with Gasteiger partial charge in [0.15, 0.2) is 0 Å². The molecule has 4 aliphatic rings. The monoisotopic (exact) mass is 749 g/mol. The molecular formula is C42H72N10O2. The van der Waals surface area contributed by atoms with E-state index in [-0.39, 0.29) is 5.75 Å². The van der Waals surface area contributed by atoms with Gasteiger partial charge < -0.3 is 37.0 Å². The number of phenolic OH excluding ortho intramolecular Hbond substituents is 1. The van der Waals surface area contributed by atoms with Crippen LogP contribution in [0.2, 0.25) is 0 Å². The normalized spacial score (nSPS) is 23.4. The molecule has 0 radical (unpaired) electrons. The molecule has 1 aromatic carbocycles. The van der Waals surface area contributed by atoms with E-state index in [0.29, 0.717) is 35.6 Å². The van der Waals surface area contributed by atoms with Crippen LogP contribution in [0.5, 0.6) is 5.75 Å². The van der Waals surface area contributed by atoms with Gasteiger partial charge in [0, 0.05) is 95.1 Å². The zero-order chi connectivity index (χ0) is 39.8. The molecule has 12 nitrogen and oxygen atoms in total. The van der Waals surface area contributed by atoms with Gasteiger partial charge in [-0.2, -0.15) is 0 Å². The first-order chi connectivity index (χ1) is 25.7. The van der Waals surface area contributed by atoms with E-state index in [4.69, 9.17) is 16.3 Å². The lowest BCUT2D eigenvalue weighted by Crippen LogP contribution is -2.51. The van der Waals surface area contributed by atoms with E-state index >= 15 is 0 Å². The molecule has 3 saturated heterocycles.